The van der Waals surface area contributed by atoms with Crippen molar-refractivity contribution in [1.29, 1.82) is 0 Å². The van der Waals surface area contributed by atoms with Crippen LogP contribution in [0.1, 0.15) is 119 Å². The normalized spacial score (nSPS) is 50.7. The highest BCUT2D eigenvalue weighted by atomic mass is 16.7. The van der Waals surface area contributed by atoms with E-state index in [2.05, 4.69) is 39.9 Å². The van der Waals surface area contributed by atoms with Gasteiger partial charge in [-0.3, -0.25) is 4.79 Å². The van der Waals surface area contributed by atoms with Gasteiger partial charge in [-0.2, -0.15) is 0 Å². The zero-order chi connectivity index (χ0) is 35.6. The van der Waals surface area contributed by atoms with Gasteiger partial charge in [-0.25, -0.2) is 0 Å². The Morgan fingerprint density at radius 2 is 1.72 bits per heavy atom. The van der Waals surface area contributed by atoms with Crippen LogP contribution in [0.15, 0.2) is 0 Å². The van der Waals surface area contributed by atoms with E-state index in [0.717, 1.165) is 58.0 Å². The van der Waals surface area contributed by atoms with Crippen LogP contribution in [0.3, 0.4) is 0 Å². The van der Waals surface area contributed by atoms with Gasteiger partial charge in [-0.1, -0.05) is 34.6 Å². The van der Waals surface area contributed by atoms with Crippen molar-refractivity contribution < 1.29 is 34.3 Å². The summed E-state index contributed by atoms with van der Waals surface area (Å²) in [5, 5.41) is 37.6. The first-order chi connectivity index (χ1) is 23.5. The molecule has 8 aliphatic rings. The van der Waals surface area contributed by atoms with E-state index in [0.29, 0.717) is 56.2 Å². The molecule has 50 heavy (non-hydrogen) atoms. The molecule has 4 N–H and O–H groups in total. The number of amides is 1. The second-order valence-electron chi connectivity index (χ2n) is 20.3. The van der Waals surface area contributed by atoms with E-state index in [-0.39, 0.29) is 57.4 Å². The molecule has 2 unspecified atom stereocenters. The summed E-state index contributed by atoms with van der Waals surface area (Å²) in [5.41, 5.74) is -1.05. The Hall–Kier alpha value is -0.810. The van der Waals surface area contributed by atoms with Crippen LogP contribution in [0.2, 0.25) is 0 Å². The van der Waals surface area contributed by atoms with E-state index in [9.17, 15) is 20.1 Å². The topological polar surface area (TPSA) is 121 Å². The predicted molar refractivity (Wildman–Crippen MR) is 190 cm³/mol. The van der Waals surface area contributed by atoms with Crippen LogP contribution in [0.5, 0.6) is 0 Å². The molecule has 284 valence electrons. The van der Waals surface area contributed by atoms with Crippen molar-refractivity contribution in [3.8, 4) is 0 Å². The summed E-state index contributed by atoms with van der Waals surface area (Å²) >= 11 is 0. The zero-order valence-electron chi connectivity index (χ0n) is 32.1. The molecule has 1 amide bonds. The van der Waals surface area contributed by atoms with E-state index in [1.54, 1.807) is 13.8 Å². The van der Waals surface area contributed by atoms with Crippen LogP contribution in [0, 0.1) is 56.7 Å². The molecule has 0 aromatic heterocycles. The molecule has 8 rings (SSSR count). The van der Waals surface area contributed by atoms with Gasteiger partial charge in [0.05, 0.1) is 43.2 Å². The first-order valence-corrected chi connectivity index (χ1v) is 20.5. The molecule has 14 atom stereocenters. The molecule has 3 aliphatic heterocycles. The number of piperidine rings is 1. The Balaban J connectivity index is 0.974. The van der Waals surface area contributed by atoms with Crippen molar-refractivity contribution in [2.45, 2.75) is 162 Å². The maximum atomic E-state index is 13.3. The van der Waals surface area contributed by atoms with Crippen molar-refractivity contribution in [3.05, 3.63) is 0 Å². The Kier molecular flexibility index (Phi) is 8.75. The lowest BCUT2D eigenvalue weighted by molar-refractivity contribution is -0.248. The molecule has 5 saturated carbocycles. The standard InChI is InChI=1S/C41H68N2O7/c1-24-20-26(34(45)37(4,5)47)49-33-32(24)38(6)14-15-41-23-40(41)13-10-29(36(2,3)27(40)8-9-28(41)39(38,7)35(33)46)50-31-22-43(18-19-48-31)30(44)21-25-11-16-42-17-12-25/h24-29,31-35,42,45-47H,8-23H2,1-7H3/t24-,26-,27+,28+,29+,31?,32?,33+,34+,35+,38-,39-,40-,41+/m1/s1. The molecule has 3 heterocycles. The van der Waals surface area contributed by atoms with Crippen molar-refractivity contribution in [2.75, 3.05) is 32.8 Å². The molecular formula is C41H68N2O7. The SMILES string of the molecule is C[C@@H]1C[C@H]([C@H](O)C(C)(C)O)O[C@H]2C1[C@@]1(C)CC[C@@]34C[C@@]35CC[C@H](OC3CN(C(=O)CC6CCNCC6)CCO3)C(C)(C)[C@@H]5CC[C@H]4[C@]1(C)[C@H]2O. The van der Waals surface area contributed by atoms with Gasteiger partial charge in [0.25, 0.3) is 0 Å². The molecule has 8 fully saturated rings. The molecule has 0 aromatic rings. The van der Waals surface area contributed by atoms with Gasteiger partial charge in [-0.05, 0) is 142 Å². The Morgan fingerprint density at radius 3 is 2.44 bits per heavy atom. The van der Waals surface area contributed by atoms with Gasteiger partial charge in [0, 0.05) is 18.4 Å². The highest BCUT2D eigenvalue weighted by molar-refractivity contribution is 5.76. The monoisotopic (exact) mass is 701 g/mol. The minimum Gasteiger partial charge on any atom is -0.390 e. The molecule has 9 nitrogen and oxygen atoms in total. The maximum absolute atomic E-state index is 13.3. The molecule has 0 radical (unpaired) electrons. The number of aliphatic hydroxyl groups is 3. The largest absolute Gasteiger partial charge is 0.390 e. The summed E-state index contributed by atoms with van der Waals surface area (Å²) in [6.07, 6.45) is 8.88. The quantitative estimate of drug-likeness (QED) is 0.309. The van der Waals surface area contributed by atoms with E-state index < -0.39 is 23.9 Å². The van der Waals surface area contributed by atoms with Crippen LogP contribution < -0.4 is 5.32 Å². The van der Waals surface area contributed by atoms with Crippen molar-refractivity contribution >= 4 is 5.91 Å². The summed E-state index contributed by atoms with van der Waals surface area (Å²) in [4.78, 5) is 15.3. The Bertz CT molecular complexity index is 1310. The average molecular weight is 701 g/mol. The molecule has 0 bridgehead atoms. The van der Waals surface area contributed by atoms with Crippen LogP contribution in [0.25, 0.3) is 0 Å². The molecule has 5 aliphatic carbocycles. The first kappa shape index (κ1) is 36.2. The summed E-state index contributed by atoms with van der Waals surface area (Å²) in [5.74, 6) is 2.26. The van der Waals surface area contributed by atoms with Gasteiger partial charge < -0.3 is 39.7 Å². The summed E-state index contributed by atoms with van der Waals surface area (Å²) in [7, 11) is 0. The van der Waals surface area contributed by atoms with E-state index in [1.807, 2.05) is 4.90 Å². The van der Waals surface area contributed by atoms with E-state index >= 15 is 0 Å². The molecule has 9 heteroatoms. The summed E-state index contributed by atoms with van der Waals surface area (Å²) < 4.78 is 19.8. The number of hydrogen-bond donors (Lipinski definition) is 4. The molecule has 2 spiro atoms. The number of nitrogens with zero attached hydrogens (tertiary/aromatic N) is 1. The Morgan fingerprint density at radius 1 is 1.02 bits per heavy atom. The van der Waals surface area contributed by atoms with Crippen molar-refractivity contribution in [1.82, 2.24) is 10.2 Å². The van der Waals surface area contributed by atoms with Crippen LogP contribution in [-0.2, 0) is 19.0 Å². The van der Waals surface area contributed by atoms with Gasteiger partial charge >= 0.3 is 0 Å². The van der Waals surface area contributed by atoms with Crippen LogP contribution in [-0.4, -0.2) is 101 Å². The number of carbonyl (C=O) groups is 1. The number of morpholine rings is 1. The summed E-state index contributed by atoms with van der Waals surface area (Å²) in [6, 6.07) is 0. The number of rotatable bonds is 6. The van der Waals surface area contributed by atoms with E-state index in [4.69, 9.17) is 14.2 Å². The minimum absolute atomic E-state index is 0.0144. The molecular weight excluding hydrogens is 632 g/mol. The number of nitrogens with one attached hydrogen (secondary N) is 1. The molecule has 3 saturated heterocycles. The third kappa shape index (κ3) is 5.05. The number of fused-ring (bicyclic) bond motifs is 4. The second kappa shape index (κ2) is 12.1. The maximum Gasteiger partial charge on any atom is 0.223 e. The van der Waals surface area contributed by atoms with E-state index in [1.165, 1.54) is 12.8 Å². The van der Waals surface area contributed by atoms with Gasteiger partial charge in [0.15, 0.2) is 6.29 Å². The average Bonchev–Trinajstić information content (AvgIpc) is 3.70. The van der Waals surface area contributed by atoms with Crippen molar-refractivity contribution in [2.24, 2.45) is 56.7 Å². The molecule has 0 aromatic carbocycles. The lowest BCUT2D eigenvalue weighted by Gasteiger charge is -2.64. The summed E-state index contributed by atoms with van der Waals surface area (Å²) in [6.45, 7) is 19.1. The van der Waals surface area contributed by atoms with Gasteiger partial charge in [0.2, 0.25) is 5.91 Å². The minimum atomic E-state index is -1.26. The smallest absolute Gasteiger partial charge is 0.223 e. The van der Waals surface area contributed by atoms with Crippen LogP contribution >= 0.6 is 0 Å². The number of hydrogen-bond acceptors (Lipinski definition) is 8. The third-order valence-electron chi connectivity index (χ3n) is 17.5. The Labute approximate surface area is 300 Å². The lowest BCUT2D eigenvalue weighted by Crippen LogP contribution is -2.60. The van der Waals surface area contributed by atoms with Crippen LogP contribution in [0.4, 0.5) is 0 Å². The fraction of sp³-hybridized carbons (Fsp3) is 0.976. The first-order valence-electron chi connectivity index (χ1n) is 20.5. The third-order valence-corrected chi connectivity index (χ3v) is 17.5. The van der Waals surface area contributed by atoms with Gasteiger partial charge in [-0.15, -0.1) is 0 Å². The highest BCUT2D eigenvalue weighted by Gasteiger charge is 2.84. The highest BCUT2D eigenvalue weighted by Crippen LogP contribution is 2.89. The van der Waals surface area contributed by atoms with Crippen molar-refractivity contribution in [3.63, 3.8) is 0 Å². The fourth-order valence-electron chi connectivity index (χ4n) is 14.8. The van der Waals surface area contributed by atoms with Gasteiger partial charge in [0.1, 0.15) is 6.10 Å². The lowest BCUT2D eigenvalue weighted by atomic mass is 9.41. The number of carbonyl (C=O) groups excluding carboxylic acids is 1. The fourth-order valence-corrected chi connectivity index (χ4v) is 14.8. The predicted octanol–water partition coefficient (Wildman–Crippen LogP) is 4.89. The number of ether oxygens (including phenoxy) is 3. The zero-order valence-corrected chi connectivity index (χ0v) is 32.1. The second-order valence-corrected chi connectivity index (χ2v) is 20.3. The number of aliphatic hydroxyl groups excluding tert-OH is 2.